The summed E-state index contributed by atoms with van der Waals surface area (Å²) in [5, 5.41) is 2.80. The second kappa shape index (κ2) is 4.37. The van der Waals surface area contributed by atoms with E-state index >= 15 is 0 Å². The third-order valence-corrected chi connectivity index (χ3v) is 4.10. The van der Waals surface area contributed by atoms with E-state index in [1.165, 1.54) is 0 Å². The van der Waals surface area contributed by atoms with E-state index in [4.69, 9.17) is 11.6 Å². The van der Waals surface area contributed by atoms with Crippen molar-refractivity contribution in [3.05, 3.63) is 0 Å². The van der Waals surface area contributed by atoms with Crippen LogP contribution >= 0.6 is 11.6 Å². The summed E-state index contributed by atoms with van der Waals surface area (Å²) in [5.74, 6) is 0.389. The topological polar surface area (TPSA) is 52.7 Å². The molecule has 2 aliphatic rings. The van der Waals surface area contributed by atoms with Gasteiger partial charge in [-0.2, -0.15) is 0 Å². The van der Waals surface area contributed by atoms with E-state index in [2.05, 4.69) is 5.32 Å². The summed E-state index contributed by atoms with van der Waals surface area (Å²) in [4.78, 5) is 27.3. The van der Waals surface area contributed by atoms with Gasteiger partial charge in [0.2, 0.25) is 5.91 Å². The molecule has 0 aromatic rings. The Bertz CT molecular complexity index is 346. The Kier molecular flexibility index (Phi) is 3.21. The van der Waals surface area contributed by atoms with Gasteiger partial charge < -0.3 is 15.1 Å². The fourth-order valence-electron chi connectivity index (χ4n) is 2.27. The molecule has 1 unspecified atom stereocenters. The quantitative estimate of drug-likeness (QED) is 0.734. The van der Waals surface area contributed by atoms with Crippen molar-refractivity contribution in [3.63, 3.8) is 0 Å². The van der Waals surface area contributed by atoms with Crippen molar-refractivity contribution in [1.82, 2.24) is 15.1 Å². The van der Waals surface area contributed by atoms with Crippen molar-refractivity contribution >= 4 is 23.5 Å². The molecule has 2 aliphatic heterocycles. The predicted molar refractivity (Wildman–Crippen MR) is 65.0 cm³/mol. The van der Waals surface area contributed by atoms with Crippen molar-refractivity contribution in [3.8, 4) is 0 Å². The number of rotatable bonds is 2. The van der Waals surface area contributed by atoms with Gasteiger partial charge in [0, 0.05) is 32.1 Å². The van der Waals surface area contributed by atoms with Gasteiger partial charge in [-0.15, -0.1) is 11.6 Å². The molecule has 1 atom stereocenters. The van der Waals surface area contributed by atoms with E-state index in [0.717, 1.165) is 0 Å². The van der Waals surface area contributed by atoms with Crippen LogP contribution in [0.25, 0.3) is 0 Å². The zero-order valence-corrected chi connectivity index (χ0v) is 11.0. The van der Waals surface area contributed by atoms with Crippen molar-refractivity contribution in [2.45, 2.75) is 19.9 Å². The molecule has 0 radical (unpaired) electrons. The van der Waals surface area contributed by atoms with Crippen LogP contribution in [0.3, 0.4) is 0 Å². The van der Waals surface area contributed by atoms with Crippen LogP contribution in [0, 0.1) is 5.41 Å². The highest BCUT2D eigenvalue weighted by atomic mass is 35.5. The Morgan fingerprint density at radius 2 is 2.24 bits per heavy atom. The Hall–Kier alpha value is -0.970. The molecular weight excluding hydrogens is 242 g/mol. The van der Waals surface area contributed by atoms with Crippen molar-refractivity contribution in [2.75, 3.05) is 32.1 Å². The normalized spacial score (nSPS) is 24.6. The number of carbonyl (C=O) groups excluding carboxylic acids is 2. The summed E-state index contributed by atoms with van der Waals surface area (Å²) in [5.41, 5.74) is -0.528. The maximum Gasteiger partial charge on any atom is 0.317 e. The summed E-state index contributed by atoms with van der Waals surface area (Å²) in [6.45, 7) is 6.16. The molecule has 0 aliphatic carbocycles. The molecule has 0 aromatic heterocycles. The second-order valence-electron chi connectivity index (χ2n) is 5.30. The van der Waals surface area contributed by atoms with E-state index < -0.39 is 5.41 Å². The Labute approximate surface area is 106 Å². The molecule has 0 saturated carbocycles. The van der Waals surface area contributed by atoms with Gasteiger partial charge in [-0.3, -0.25) is 4.79 Å². The minimum atomic E-state index is -0.528. The van der Waals surface area contributed by atoms with Crippen LogP contribution < -0.4 is 5.32 Å². The van der Waals surface area contributed by atoms with Gasteiger partial charge in [-0.05, 0) is 13.8 Å². The van der Waals surface area contributed by atoms with E-state index in [-0.39, 0.29) is 18.0 Å². The first-order valence-corrected chi connectivity index (χ1v) is 6.39. The molecule has 6 heteroatoms. The number of amides is 3. The largest absolute Gasteiger partial charge is 0.338 e. The third-order valence-electron chi connectivity index (χ3n) is 3.43. The van der Waals surface area contributed by atoms with Crippen LogP contribution in [-0.4, -0.2) is 59.8 Å². The van der Waals surface area contributed by atoms with Crippen LogP contribution in [0.5, 0.6) is 0 Å². The molecule has 2 saturated heterocycles. The predicted octanol–water partition coefficient (Wildman–Crippen LogP) is 0.487. The number of piperazine rings is 1. The molecule has 1 N–H and O–H groups in total. The minimum Gasteiger partial charge on any atom is -0.338 e. The Balaban J connectivity index is 2.02. The van der Waals surface area contributed by atoms with Crippen LogP contribution in [-0.2, 0) is 4.79 Å². The fourth-order valence-corrected chi connectivity index (χ4v) is 2.39. The highest BCUT2D eigenvalue weighted by molar-refractivity contribution is 6.19. The number of halogens is 1. The summed E-state index contributed by atoms with van der Waals surface area (Å²) >= 11 is 5.82. The monoisotopic (exact) mass is 259 g/mol. The van der Waals surface area contributed by atoms with E-state index in [9.17, 15) is 9.59 Å². The smallest absolute Gasteiger partial charge is 0.317 e. The number of alkyl halides is 1. The number of carbonyl (C=O) groups is 2. The summed E-state index contributed by atoms with van der Waals surface area (Å²) in [6.07, 6.45) is 0. The number of nitrogens with zero attached hydrogens (tertiary/aromatic N) is 2. The van der Waals surface area contributed by atoms with E-state index in [1.807, 2.05) is 18.7 Å². The van der Waals surface area contributed by atoms with Gasteiger partial charge in [0.15, 0.2) is 0 Å². The van der Waals surface area contributed by atoms with Gasteiger partial charge >= 0.3 is 6.03 Å². The van der Waals surface area contributed by atoms with Gasteiger partial charge in [0.25, 0.3) is 0 Å². The first kappa shape index (κ1) is 12.5. The lowest BCUT2D eigenvalue weighted by atomic mass is 9.93. The maximum atomic E-state index is 12.2. The number of hydrogen-bond donors (Lipinski definition) is 1. The van der Waals surface area contributed by atoms with Crippen molar-refractivity contribution in [2.24, 2.45) is 5.41 Å². The average molecular weight is 260 g/mol. The van der Waals surface area contributed by atoms with Crippen LogP contribution in [0.1, 0.15) is 13.8 Å². The molecule has 96 valence electrons. The van der Waals surface area contributed by atoms with E-state index in [1.54, 1.807) is 4.90 Å². The number of urea groups is 1. The lowest BCUT2D eigenvalue weighted by Gasteiger charge is -2.39. The van der Waals surface area contributed by atoms with Gasteiger partial charge in [-0.25, -0.2) is 4.79 Å². The molecule has 2 rings (SSSR count). The van der Waals surface area contributed by atoms with Crippen molar-refractivity contribution < 1.29 is 9.59 Å². The molecule has 2 heterocycles. The standard InChI is InChI=1S/C11H18ClN3O2/c1-11(2,7-12)9(16)14-3-4-15-8(6-14)5-13-10(15)17/h8H,3-7H2,1-2H3,(H,13,17). The lowest BCUT2D eigenvalue weighted by Crippen LogP contribution is -2.56. The fraction of sp³-hybridized carbons (Fsp3) is 0.818. The average Bonchev–Trinajstić information content (AvgIpc) is 2.69. The third kappa shape index (κ3) is 2.20. The zero-order valence-electron chi connectivity index (χ0n) is 10.2. The Morgan fingerprint density at radius 1 is 1.53 bits per heavy atom. The zero-order chi connectivity index (χ0) is 12.6. The first-order chi connectivity index (χ1) is 7.95. The Morgan fingerprint density at radius 3 is 2.88 bits per heavy atom. The molecule has 2 fully saturated rings. The molecule has 0 spiro atoms. The molecule has 0 aromatic carbocycles. The molecule has 5 nitrogen and oxygen atoms in total. The van der Waals surface area contributed by atoms with Gasteiger partial charge in [0.1, 0.15) is 0 Å². The van der Waals surface area contributed by atoms with E-state index in [0.29, 0.717) is 32.1 Å². The second-order valence-corrected chi connectivity index (χ2v) is 5.57. The van der Waals surface area contributed by atoms with Crippen LogP contribution in [0.2, 0.25) is 0 Å². The minimum absolute atomic E-state index is 0.0151. The SMILES string of the molecule is CC(C)(CCl)C(=O)N1CCN2C(=O)NCC2C1. The van der Waals surface area contributed by atoms with Crippen LogP contribution in [0.15, 0.2) is 0 Å². The molecule has 0 bridgehead atoms. The highest BCUT2D eigenvalue weighted by Crippen LogP contribution is 2.23. The molecule has 3 amide bonds. The molecular formula is C11H18ClN3O2. The van der Waals surface area contributed by atoms with Crippen molar-refractivity contribution in [1.29, 1.82) is 0 Å². The molecule has 17 heavy (non-hydrogen) atoms. The summed E-state index contributed by atoms with van der Waals surface area (Å²) in [6, 6.07) is 0.102. The number of hydrogen-bond acceptors (Lipinski definition) is 2. The highest BCUT2D eigenvalue weighted by Gasteiger charge is 2.40. The lowest BCUT2D eigenvalue weighted by molar-refractivity contribution is -0.141. The van der Waals surface area contributed by atoms with Gasteiger partial charge in [0.05, 0.1) is 11.5 Å². The van der Waals surface area contributed by atoms with Gasteiger partial charge in [-0.1, -0.05) is 0 Å². The maximum absolute atomic E-state index is 12.2. The summed E-state index contributed by atoms with van der Waals surface area (Å²) in [7, 11) is 0. The number of nitrogens with one attached hydrogen (secondary N) is 1. The van der Waals surface area contributed by atoms with Crippen LogP contribution in [0.4, 0.5) is 4.79 Å². The first-order valence-electron chi connectivity index (χ1n) is 5.85. The number of fused-ring (bicyclic) bond motifs is 1. The summed E-state index contributed by atoms with van der Waals surface area (Å²) < 4.78 is 0.